The van der Waals surface area contributed by atoms with Crippen LogP contribution >= 0.6 is 0 Å². The molecule has 0 aliphatic rings. The number of ether oxygens (including phenoxy) is 2. The van der Waals surface area contributed by atoms with Gasteiger partial charge in [0.05, 0.1) is 25.1 Å². The van der Waals surface area contributed by atoms with E-state index in [0.717, 1.165) is 5.56 Å². The van der Waals surface area contributed by atoms with E-state index < -0.39 is 11.2 Å². The van der Waals surface area contributed by atoms with E-state index in [1.165, 1.54) is 11.7 Å². The number of aromatic amines is 1. The molecule has 8 heteroatoms. The van der Waals surface area contributed by atoms with Gasteiger partial charge in [0, 0.05) is 24.7 Å². The Morgan fingerprint density at radius 3 is 2.50 bits per heavy atom. The van der Waals surface area contributed by atoms with E-state index in [4.69, 9.17) is 9.47 Å². The van der Waals surface area contributed by atoms with Gasteiger partial charge in [-0.25, -0.2) is 4.79 Å². The number of carbonyl (C=O) groups excluding carboxylic acids is 1. The molecule has 0 unspecified atom stereocenters. The number of rotatable bonds is 6. The standard InChI is InChI=1S/C20H21N3O5/c1-12-10-16(27-2)17(28-3)11-14(12)21-18(24)8-9-23-15-7-5-4-6-13(15)19(25)22-20(23)26/h4-7,10-11H,8-9H2,1-3H3,(H,21,24)(H,22,25,26). The molecule has 0 aliphatic carbocycles. The van der Waals surface area contributed by atoms with Gasteiger partial charge in [-0.2, -0.15) is 0 Å². The molecule has 2 N–H and O–H groups in total. The monoisotopic (exact) mass is 383 g/mol. The van der Waals surface area contributed by atoms with Crippen LogP contribution in [0.2, 0.25) is 0 Å². The number of benzene rings is 2. The minimum absolute atomic E-state index is 0.0593. The highest BCUT2D eigenvalue weighted by Gasteiger charge is 2.13. The van der Waals surface area contributed by atoms with Crippen LogP contribution in [0.25, 0.3) is 10.9 Å². The van der Waals surface area contributed by atoms with Crippen molar-refractivity contribution in [1.82, 2.24) is 9.55 Å². The number of nitrogens with one attached hydrogen (secondary N) is 2. The first-order chi connectivity index (χ1) is 13.4. The average Bonchev–Trinajstić information content (AvgIpc) is 2.69. The van der Waals surface area contributed by atoms with Gasteiger partial charge in [0.2, 0.25) is 5.91 Å². The average molecular weight is 383 g/mol. The van der Waals surface area contributed by atoms with E-state index >= 15 is 0 Å². The lowest BCUT2D eigenvalue weighted by atomic mass is 10.1. The minimum Gasteiger partial charge on any atom is -0.493 e. The van der Waals surface area contributed by atoms with Crippen molar-refractivity contribution in [2.24, 2.45) is 0 Å². The van der Waals surface area contributed by atoms with E-state index in [1.54, 1.807) is 43.5 Å². The van der Waals surface area contributed by atoms with E-state index in [9.17, 15) is 14.4 Å². The summed E-state index contributed by atoms with van der Waals surface area (Å²) in [6.45, 7) is 1.98. The van der Waals surface area contributed by atoms with Gasteiger partial charge in [-0.1, -0.05) is 12.1 Å². The van der Waals surface area contributed by atoms with Crippen molar-refractivity contribution in [3.8, 4) is 11.5 Å². The summed E-state index contributed by atoms with van der Waals surface area (Å²) < 4.78 is 11.9. The number of H-pyrrole nitrogens is 1. The molecule has 0 atom stereocenters. The van der Waals surface area contributed by atoms with Crippen molar-refractivity contribution in [3.05, 3.63) is 62.8 Å². The molecular weight excluding hydrogens is 362 g/mol. The van der Waals surface area contributed by atoms with Crippen molar-refractivity contribution in [2.45, 2.75) is 19.9 Å². The number of aryl methyl sites for hydroxylation is 2. The SMILES string of the molecule is COc1cc(C)c(NC(=O)CCn2c(=O)[nH]c(=O)c3ccccc32)cc1OC. The Morgan fingerprint density at radius 2 is 1.79 bits per heavy atom. The summed E-state index contributed by atoms with van der Waals surface area (Å²) in [5.74, 6) is 0.813. The maximum atomic E-state index is 12.4. The second-order valence-electron chi connectivity index (χ2n) is 6.25. The Kier molecular flexibility index (Phi) is 5.49. The van der Waals surface area contributed by atoms with Gasteiger partial charge in [0.15, 0.2) is 11.5 Å². The van der Waals surface area contributed by atoms with Crippen LogP contribution in [0.3, 0.4) is 0 Å². The van der Waals surface area contributed by atoms with Crippen molar-refractivity contribution in [1.29, 1.82) is 0 Å². The molecule has 0 radical (unpaired) electrons. The Labute approximate surface area is 160 Å². The Hall–Kier alpha value is -3.55. The fourth-order valence-corrected chi connectivity index (χ4v) is 3.01. The van der Waals surface area contributed by atoms with E-state index in [1.807, 2.05) is 6.92 Å². The summed E-state index contributed by atoms with van der Waals surface area (Å²) in [5, 5.41) is 3.22. The quantitative estimate of drug-likeness (QED) is 0.678. The third kappa shape index (κ3) is 3.75. The van der Waals surface area contributed by atoms with E-state index in [0.29, 0.717) is 28.1 Å². The van der Waals surface area contributed by atoms with Crippen molar-refractivity contribution in [3.63, 3.8) is 0 Å². The van der Waals surface area contributed by atoms with Crippen LogP contribution in [0, 0.1) is 6.92 Å². The van der Waals surface area contributed by atoms with Crippen LogP contribution in [-0.4, -0.2) is 29.7 Å². The second kappa shape index (κ2) is 7.99. The van der Waals surface area contributed by atoms with Gasteiger partial charge >= 0.3 is 5.69 Å². The third-order valence-electron chi connectivity index (χ3n) is 4.47. The molecule has 1 amide bonds. The van der Waals surface area contributed by atoms with Gasteiger partial charge in [-0.3, -0.25) is 19.1 Å². The smallest absolute Gasteiger partial charge is 0.328 e. The lowest BCUT2D eigenvalue weighted by molar-refractivity contribution is -0.116. The number of amides is 1. The summed E-state index contributed by atoms with van der Waals surface area (Å²) in [5.41, 5.74) is 0.923. The molecule has 0 bridgehead atoms. The highest BCUT2D eigenvalue weighted by Crippen LogP contribution is 2.32. The number of nitrogens with zero attached hydrogens (tertiary/aromatic N) is 1. The van der Waals surface area contributed by atoms with Gasteiger partial charge < -0.3 is 14.8 Å². The summed E-state index contributed by atoms with van der Waals surface area (Å²) in [6.07, 6.45) is 0.0593. The molecule has 3 rings (SSSR count). The van der Waals surface area contributed by atoms with E-state index in [-0.39, 0.29) is 18.9 Å². The molecule has 0 saturated carbocycles. The van der Waals surface area contributed by atoms with Crippen molar-refractivity contribution in [2.75, 3.05) is 19.5 Å². The van der Waals surface area contributed by atoms with Crippen LogP contribution in [0.15, 0.2) is 46.0 Å². The predicted octanol–water partition coefficient (Wildman–Crippen LogP) is 2.04. The van der Waals surface area contributed by atoms with Crippen LogP contribution in [0.5, 0.6) is 11.5 Å². The third-order valence-corrected chi connectivity index (χ3v) is 4.47. The molecular formula is C20H21N3O5. The molecule has 0 aliphatic heterocycles. The fraction of sp³-hybridized carbons (Fsp3) is 0.250. The summed E-state index contributed by atoms with van der Waals surface area (Å²) in [6, 6.07) is 10.2. The highest BCUT2D eigenvalue weighted by molar-refractivity contribution is 5.92. The molecule has 0 spiro atoms. The molecule has 28 heavy (non-hydrogen) atoms. The van der Waals surface area contributed by atoms with Gasteiger partial charge in [-0.15, -0.1) is 0 Å². The molecule has 1 aromatic heterocycles. The van der Waals surface area contributed by atoms with Gasteiger partial charge in [0.1, 0.15) is 0 Å². The van der Waals surface area contributed by atoms with Crippen LogP contribution in [0.1, 0.15) is 12.0 Å². The molecule has 146 valence electrons. The van der Waals surface area contributed by atoms with Gasteiger partial charge in [-0.05, 0) is 30.7 Å². The summed E-state index contributed by atoms with van der Waals surface area (Å²) in [7, 11) is 3.06. The molecule has 3 aromatic rings. The number of para-hydroxylation sites is 1. The maximum absolute atomic E-state index is 12.4. The molecule has 1 heterocycles. The normalized spacial score (nSPS) is 10.7. The van der Waals surface area contributed by atoms with Crippen LogP contribution in [-0.2, 0) is 11.3 Å². The zero-order valence-corrected chi connectivity index (χ0v) is 15.9. The van der Waals surface area contributed by atoms with Gasteiger partial charge in [0.25, 0.3) is 5.56 Å². The maximum Gasteiger partial charge on any atom is 0.328 e. The summed E-state index contributed by atoms with van der Waals surface area (Å²) in [4.78, 5) is 38.8. The lowest BCUT2D eigenvalue weighted by Gasteiger charge is -2.14. The number of carbonyl (C=O) groups is 1. The number of methoxy groups -OCH3 is 2. The zero-order chi connectivity index (χ0) is 20.3. The van der Waals surface area contributed by atoms with Crippen molar-refractivity contribution >= 4 is 22.5 Å². The van der Waals surface area contributed by atoms with Crippen molar-refractivity contribution < 1.29 is 14.3 Å². The second-order valence-corrected chi connectivity index (χ2v) is 6.25. The zero-order valence-electron chi connectivity index (χ0n) is 15.9. The van der Waals surface area contributed by atoms with Crippen LogP contribution < -0.4 is 26.0 Å². The Balaban J connectivity index is 1.80. The summed E-state index contributed by atoms with van der Waals surface area (Å²) >= 11 is 0. The molecule has 0 fully saturated rings. The number of anilines is 1. The predicted molar refractivity (Wildman–Crippen MR) is 106 cm³/mol. The fourth-order valence-electron chi connectivity index (χ4n) is 3.01. The number of fused-ring (bicyclic) bond motifs is 1. The Bertz CT molecular complexity index is 1150. The Morgan fingerprint density at radius 1 is 1.11 bits per heavy atom. The first-order valence-electron chi connectivity index (χ1n) is 8.69. The number of aromatic nitrogens is 2. The highest BCUT2D eigenvalue weighted by atomic mass is 16.5. The lowest BCUT2D eigenvalue weighted by Crippen LogP contribution is -2.31. The minimum atomic E-state index is -0.543. The largest absolute Gasteiger partial charge is 0.493 e. The van der Waals surface area contributed by atoms with E-state index in [2.05, 4.69) is 10.3 Å². The van der Waals surface area contributed by atoms with Crippen LogP contribution in [0.4, 0.5) is 5.69 Å². The first kappa shape index (κ1) is 19.2. The first-order valence-corrected chi connectivity index (χ1v) is 8.69. The number of hydrogen-bond acceptors (Lipinski definition) is 5. The molecule has 8 nitrogen and oxygen atoms in total. The molecule has 0 saturated heterocycles. The molecule has 2 aromatic carbocycles. The number of hydrogen-bond donors (Lipinski definition) is 2. The topological polar surface area (TPSA) is 102 Å².